The summed E-state index contributed by atoms with van der Waals surface area (Å²) in [5.41, 5.74) is 10.2. The number of benzene rings is 2. The Balaban J connectivity index is 1.83. The van der Waals surface area contributed by atoms with E-state index >= 15 is 0 Å². The van der Waals surface area contributed by atoms with Crippen molar-refractivity contribution in [1.29, 1.82) is 0 Å². The molecule has 0 aliphatic heterocycles. The van der Waals surface area contributed by atoms with Gasteiger partial charge in [0, 0.05) is 17.9 Å². The Morgan fingerprint density at radius 1 is 0.941 bits per heavy atom. The number of hydrogen-bond acceptors (Lipinski definition) is 2. The van der Waals surface area contributed by atoms with E-state index in [2.05, 4.69) is 48.6 Å². The van der Waals surface area contributed by atoms with Gasteiger partial charge in [-0.1, -0.05) is 29.8 Å². The smallest absolute Gasteiger partial charge is 0.0340 e. The van der Waals surface area contributed by atoms with E-state index in [-0.39, 0.29) is 0 Å². The van der Waals surface area contributed by atoms with Gasteiger partial charge in [-0.25, -0.2) is 0 Å². The number of rotatable bonds is 4. The first-order valence-corrected chi connectivity index (χ1v) is 5.89. The van der Waals surface area contributed by atoms with Gasteiger partial charge < -0.3 is 11.1 Å². The minimum Gasteiger partial charge on any atom is -0.399 e. The van der Waals surface area contributed by atoms with Crippen molar-refractivity contribution >= 4 is 11.4 Å². The molecule has 0 atom stereocenters. The molecule has 2 aromatic carbocycles. The molecule has 2 rings (SSSR count). The molecule has 0 aliphatic rings. The van der Waals surface area contributed by atoms with Crippen molar-refractivity contribution in [3.8, 4) is 0 Å². The summed E-state index contributed by atoms with van der Waals surface area (Å²) in [6.45, 7) is 3.03. The third kappa shape index (κ3) is 3.52. The molecule has 0 amide bonds. The molecule has 0 aromatic heterocycles. The Morgan fingerprint density at radius 3 is 2.24 bits per heavy atom. The van der Waals surface area contributed by atoms with Gasteiger partial charge >= 0.3 is 0 Å². The maximum absolute atomic E-state index is 5.64. The fraction of sp³-hybridized carbons (Fsp3) is 0.200. The summed E-state index contributed by atoms with van der Waals surface area (Å²) in [6.07, 6.45) is 1.01. The zero-order chi connectivity index (χ0) is 12.1. The number of hydrogen-bond donors (Lipinski definition) is 2. The van der Waals surface area contributed by atoms with Crippen molar-refractivity contribution < 1.29 is 0 Å². The monoisotopic (exact) mass is 226 g/mol. The van der Waals surface area contributed by atoms with Gasteiger partial charge in [-0.2, -0.15) is 0 Å². The number of nitrogens with one attached hydrogen (secondary N) is 1. The summed E-state index contributed by atoms with van der Waals surface area (Å²) in [5, 5.41) is 3.40. The Labute approximate surface area is 102 Å². The molecule has 0 saturated heterocycles. The molecule has 88 valence electrons. The Bertz CT molecular complexity index is 412. The van der Waals surface area contributed by atoms with Crippen LogP contribution in [0.4, 0.5) is 11.4 Å². The highest BCUT2D eigenvalue weighted by molar-refractivity contribution is 5.44. The number of nitrogen functional groups attached to an aromatic ring is 1. The van der Waals surface area contributed by atoms with E-state index in [4.69, 9.17) is 5.73 Å². The lowest BCUT2D eigenvalue weighted by Crippen LogP contribution is -2.04. The molecule has 0 heterocycles. The summed E-state index contributed by atoms with van der Waals surface area (Å²) in [4.78, 5) is 0. The normalized spacial score (nSPS) is 10.2. The van der Waals surface area contributed by atoms with E-state index in [1.807, 2.05) is 12.1 Å². The molecular formula is C15H18N2. The topological polar surface area (TPSA) is 38.0 Å². The summed E-state index contributed by atoms with van der Waals surface area (Å²) >= 11 is 0. The summed E-state index contributed by atoms with van der Waals surface area (Å²) < 4.78 is 0. The van der Waals surface area contributed by atoms with Gasteiger partial charge in [0.2, 0.25) is 0 Å². The van der Waals surface area contributed by atoms with Crippen LogP contribution in [0.2, 0.25) is 0 Å². The van der Waals surface area contributed by atoms with Crippen LogP contribution in [-0.2, 0) is 6.42 Å². The molecule has 2 aromatic rings. The summed E-state index contributed by atoms with van der Waals surface area (Å²) in [7, 11) is 0. The first-order chi connectivity index (χ1) is 8.24. The molecule has 0 aliphatic carbocycles. The predicted octanol–water partition coefficient (Wildman–Crippen LogP) is 3.23. The van der Waals surface area contributed by atoms with Gasteiger partial charge in [-0.3, -0.25) is 0 Å². The quantitative estimate of drug-likeness (QED) is 0.785. The largest absolute Gasteiger partial charge is 0.399 e. The predicted molar refractivity (Wildman–Crippen MR) is 74.2 cm³/mol. The molecule has 0 radical (unpaired) electrons. The zero-order valence-electron chi connectivity index (χ0n) is 10.1. The van der Waals surface area contributed by atoms with E-state index in [1.165, 1.54) is 16.8 Å². The fourth-order valence-corrected chi connectivity index (χ4v) is 1.71. The van der Waals surface area contributed by atoms with Crippen molar-refractivity contribution in [2.75, 3.05) is 17.6 Å². The second-order valence-electron chi connectivity index (χ2n) is 4.28. The average Bonchev–Trinajstić information content (AvgIpc) is 2.34. The van der Waals surface area contributed by atoms with Gasteiger partial charge in [0.15, 0.2) is 0 Å². The Hall–Kier alpha value is -1.96. The van der Waals surface area contributed by atoms with Crippen LogP contribution >= 0.6 is 0 Å². The molecule has 0 unspecified atom stereocenters. The van der Waals surface area contributed by atoms with Crippen LogP contribution in [-0.4, -0.2) is 6.54 Å². The van der Waals surface area contributed by atoms with Crippen LogP contribution in [0.1, 0.15) is 11.1 Å². The van der Waals surface area contributed by atoms with Crippen molar-refractivity contribution in [3.05, 3.63) is 59.7 Å². The van der Waals surface area contributed by atoms with Crippen LogP contribution in [0.25, 0.3) is 0 Å². The SMILES string of the molecule is Cc1ccc(NCCc2ccc(N)cc2)cc1. The number of aryl methyl sites for hydroxylation is 1. The third-order valence-corrected chi connectivity index (χ3v) is 2.77. The highest BCUT2D eigenvalue weighted by Gasteiger charge is 1.94. The van der Waals surface area contributed by atoms with E-state index in [0.29, 0.717) is 0 Å². The lowest BCUT2D eigenvalue weighted by Gasteiger charge is -2.07. The maximum atomic E-state index is 5.64. The molecule has 2 heteroatoms. The van der Waals surface area contributed by atoms with Crippen molar-refractivity contribution in [3.63, 3.8) is 0 Å². The van der Waals surface area contributed by atoms with E-state index < -0.39 is 0 Å². The number of anilines is 2. The molecule has 17 heavy (non-hydrogen) atoms. The summed E-state index contributed by atoms with van der Waals surface area (Å²) in [6, 6.07) is 16.5. The lowest BCUT2D eigenvalue weighted by atomic mass is 10.1. The minimum atomic E-state index is 0.820. The molecule has 0 saturated carbocycles. The highest BCUT2D eigenvalue weighted by Crippen LogP contribution is 2.10. The standard InChI is InChI=1S/C15H18N2/c1-12-2-8-15(9-3-12)17-11-10-13-4-6-14(16)7-5-13/h2-9,17H,10-11,16H2,1H3. The van der Waals surface area contributed by atoms with Crippen LogP contribution in [0, 0.1) is 6.92 Å². The molecular weight excluding hydrogens is 208 g/mol. The van der Waals surface area contributed by atoms with Crippen LogP contribution in [0.5, 0.6) is 0 Å². The van der Waals surface area contributed by atoms with E-state index in [9.17, 15) is 0 Å². The van der Waals surface area contributed by atoms with E-state index in [1.54, 1.807) is 0 Å². The van der Waals surface area contributed by atoms with Crippen molar-refractivity contribution in [2.45, 2.75) is 13.3 Å². The molecule has 0 spiro atoms. The molecule has 3 N–H and O–H groups in total. The second kappa shape index (κ2) is 5.39. The van der Waals surface area contributed by atoms with Crippen LogP contribution in [0.15, 0.2) is 48.5 Å². The zero-order valence-corrected chi connectivity index (χ0v) is 10.1. The van der Waals surface area contributed by atoms with Crippen molar-refractivity contribution in [2.24, 2.45) is 0 Å². The van der Waals surface area contributed by atoms with Crippen LogP contribution < -0.4 is 11.1 Å². The Kier molecular flexibility index (Phi) is 3.66. The lowest BCUT2D eigenvalue weighted by molar-refractivity contribution is 1.02. The fourth-order valence-electron chi connectivity index (χ4n) is 1.71. The van der Waals surface area contributed by atoms with Crippen LogP contribution in [0.3, 0.4) is 0 Å². The minimum absolute atomic E-state index is 0.820. The summed E-state index contributed by atoms with van der Waals surface area (Å²) in [5.74, 6) is 0. The van der Waals surface area contributed by atoms with E-state index in [0.717, 1.165) is 18.7 Å². The maximum Gasteiger partial charge on any atom is 0.0340 e. The highest BCUT2D eigenvalue weighted by atomic mass is 14.9. The Morgan fingerprint density at radius 2 is 1.59 bits per heavy atom. The molecule has 2 nitrogen and oxygen atoms in total. The second-order valence-corrected chi connectivity index (χ2v) is 4.28. The van der Waals surface area contributed by atoms with Gasteiger partial charge in [-0.15, -0.1) is 0 Å². The van der Waals surface area contributed by atoms with Gasteiger partial charge in [0.1, 0.15) is 0 Å². The average molecular weight is 226 g/mol. The molecule has 0 bridgehead atoms. The van der Waals surface area contributed by atoms with Gasteiger partial charge in [0.25, 0.3) is 0 Å². The first kappa shape index (κ1) is 11.5. The van der Waals surface area contributed by atoms with Crippen molar-refractivity contribution in [1.82, 2.24) is 0 Å². The first-order valence-electron chi connectivity index (χ1n) is 5.89. The van der Waals surface area contributed by atoms with Gasteiger partial charge in [0.05, 0.1) is 0 Å². The molecule has 0 fully saturated rings. The van der Waals surface area contributed by atoms with Gasteiger partial charge in [-0.05, 0) is 43.2 Å². The third-order valence-electron chi connectivity index (χ3n) is 2.77. The number of nitrogens with two attached hydrogens (primary N) is 1.